The maximum atomic E-state index is 12.8. The van der Waals surface area contributed by atoms with E-state index in [0.717, 1.165) is 12.1 Å². The molecular formula is C17H30FN. The molecule has 0 unspecified atom stereocenters. The highest BCUT2D eigenvalue weighted by Gasteiger charge is 2.20. The predicted molar refractivity (Wildman–Crippen MR) is 83.9 cm³/mol. The van der Waals surface area contributed by atoms with E-state index in [1.54, 1.807) is 0 Å². The van der Waals surface area contributed by atoms with Crippen molar-refractivity contribution in [3.63, 3.8) is 0 Å². The van der Waals surface area contributed by atoms with Gasteiger partial charge in [0.25, 0.3) is 0 Å². The first kappa shape index (κ1) is 17.9. The SMILES string of the molecule is C=C(CC=C/C(=C\C)C(C)C)N(C)CC(C)(C)CF. The standard InChI is InChI=1S/C17H30FN/c1-8-16(14(2)3)11-9-10-15(4)19(7)13-17(5,6)12-18/h8-9,11,14H,4,10,12-13H2,1-3,5-7H3/b11-9?,16-8+. The van der Waals surface area contributed by atoms with Crippen LogP contribution in [0.15, 0.2) is 36.1 Å². The Labute approximate surface area is 118 Å². The van der Waals surface area contributed by atoms with Gasteiger partial charge < -0.3 is 4.90 Å². The maximum absolute atomic E-state index is 12.8. The monoisotopic (exact) mass is 267 g/mol. The second-order valence-corrected chi connectivity index (χ2v) is 6.27. The zero-order valence-corrected chi connectivity index (χ0v) is 13.5. The van der Waals surface area contributed by atoms with Crippen LogP contribution >= 0.6 is 0 Å². The lowest BCUT2D eigenvalue weighted by atomic mass is 9.94. The minimum absolute atomic E-state index is 0.309. The summed E-state index contributed by atoms with van der Waals surface area (Å²) in [6.45, 7) is 14.8. The minimum atomic E-state index is -0.312. The quantitative estimate of drug-likeness (QED) is 0.561. The molecule has 0 fully saturated rings. The highest BCUT2D eigenvalue weighted by molar-refractivity contribution is 5.21. The summed E-state index contributed by atoms with van der Waals surface area (Å²) in [5, 5.41) is 0. The molecule has 0 spiro atoms. The van der Waals surface area contributed by atoms with E-state index >= 15 is 0 Å². The number of halogens is 1. The molecule has 0 aliphatic carbocycles. The van der Waals surface area contributed by atoms with Crippen molar-refractivity contribution in [1.82, 2.24) is 4.90 Å². The highest BCUT2D eigenvalue weighted by Crippen LogP contribution is 2.20. The largest absolute Gasteiger partial charge is 0.377 e. The lowest BCUT2D eigenvalue weighted by Crippen LogP contribution is -2.32. The average molecular weight is 267 g/mol. The molecule has 0 aromatic rings. The van der Waals surface area contributed by atoms with Crippen molar-refractivity contribution >= 4 is 0 Å². The van der Waals surface area contributed by atoms with Gasteiger partial charge in [-0.15, -0.1) is 0 Å². The van der Waals surface area contributed by atoms with Crippen LogP contribution in [-0.4, -0.2) is 25.2 Å². The Hall–Kier alpha value is -1.05. The van der Waals surface area contributed by atoms with E-state index in [0.29, 0.717) is 12.5 Å². The third-order valence-electron chi connectivity index (χ3n) is 3.23. The topological polar surface area (TPSA) is 3.24 Å². The van der Waals surface area contributed by atoms with Crippen molar-refractivity contribution in [3.8, 4) is 0 Å². The van der Waals surface area contributed by atoms with Gasteiger partial charge in [0.2, 0.25) is 0 Å². The van der Waals surface area contributed by atoms with Crippen LogP contribution in [0.4, 0.5) is 4.39 Å². The molecule has 0 bridgehead atoms. The van der Waals surface area contributed by atoms with Gasteiger partial charge >= 0.3 is 0 Å². The summed E-state index contributed by atoms with van der Waals surface area (Å²) in [5.41, 5.74) is 2.05. The highest BCUT2D eigenvalue weighted by atomic mass is 19.1. The Bertz CT molecular complexity index is 337. The van der Waals surface area contributed by atoms with E-state index in [2.05, 4.69) is 50.5 Å². The fraction of sp³-hybridized carbons (Fsp3) is 0.647. The van der Waals surface area contributed by atoms with E-state index in [1.807, 2.05) is 20.9 Å². The Morgan fingerprint density at radius 1 is 1.37 bits per heavy atom. The number of hydrogen-bond donors (Lipinski definition) is 0. The molecule has 1 nitrogen and oxygen atoms in total. The molecular weight excluding hydrogens is 237 g/mol. The molecule has 0 aromatic heterocycles. The molecule has 0 saturated carbocycles. The Morgan fingerprint density at radius 2 is 1.95 bits per heavy atom. The van der Waals surface area contributed by atoms with Crippen LogP contribution in [0.25, 0.3) is 0 Å². The first-order valence-corrected chi connectivity index (χ1v) is 7.01. The molecule has 0 aliphatic heterocycles. The predicted octanol–water partition coefficient (Wildman–Crippen LogP) is 4.98. The van der Waals surface area contributed by atoms with Crippen LogP contribution in [0.5, 0.6) is 0 Å². The molecule has 0 aromatic carbocycles. The van der Waals surface area contributed by atoms with Crippen molar-refractivity contribution < 1.29 is 4.39 Å². The van der Waals surface area contributed by atoms with Crippen LogP contribution in [0.2, 0.25) is 0 Å². The van der Waals surface area contributed by atoms with Gasteiger partial charge in [-0.3, -0.25) is 4.39 Å². The van der Waals surface area contributed by atoms with Gasteiger partial charge in [-0.25, -0.2) is 0 Å². The molecule has 0 saturated heterocycles. The fourth-order valence-corrected chi connectivity index (χ4v) is 1.90. The van der Waals surface area contributed by atoms with Gasteiger partial charge in [0, 0.05) is 31.1 Å². The number of allylic oxidation sites excluding steroid dienone is 4. The Morgan fingerprint density at radius 3 is 2.37 bits per heavy atom. The first-order valence-electron chi connectivity index (χ1n) is 7.01. The van der Waals surface area contributed by atoms with E-state index in [1.165, 1.54) is 5.57 Å². The molecule has 0 aliphatic rings. The molecule has 0 amide bonds. The molecule has 2 heteroatoms. The van der Waals surface area contributed by atoms with E-state index in [-0.39, 0.29) is 12.1 Å². The van der Waals surface area contributed by atoms with Crippen molar-refractivity contribution in [2.24, 2.45) is 11.3 Å². The molecule has 0 heterocycles. The fourth-order valence-electron chi connectivity index (χ4n) is 1.90. The van der Waals surface area contributed by atoms with Crippen molar-refractivity contribution in [2.75, 3.05) is 20.3 Å². The van der Waals surface area contributed by atoms with Crippen LogP contribution in [-0.2, 0) is 0 Å². The summed E-state index contributed by atoms with van der Waals surface area (Å²) in [4.78, 5) is 2.05. The summed E-state index contributed by atoms with van der Waals surface area (Å²) >= 11 is 0. The maximum Gasteiger partial charge on any atom is 0.0962 e. The number of alkyl halides is 1. The second-order valence-electron chi connectivity index (χ2n) is 6.27. The number of rotatable bonds is 8. The summed E-state index contributed by atoms with van der Waals surface area (Å²) < 4.78 is 12.8. The minimum Gasteiger partial charge on any atom is -0.377 e. The van der Waals surface area contributed by atoms with Crippen LogP contribution < -0.4 is 0 Å². The summed E-state index contributed by atoms with van der Waals surface area (Å²) in [6, 6.07) is 0. The normalized spacial score (nSPS) is 13.4. The zero-order valence-electron chi connectivity index (χ0n) is 13.5. The van der Waals surface area contributed by atoms with Gasteiger partial charge in [0.1, 0.15) is 0 Å². The smallest absolute Gasteiger partial charge is 0.0962 e. The van der Waals surface area contributed by atoms with Crippen molar-refractivity contribution in [2.45, 2.75) is 41.0 Å². The molecule has 0 atom stereocenters. The van der Waals surface area contributed by atoms with Gasteiger partial charge in [-0.05, 0) is 12.8 Å². The summed E-state index contributed by atoms with van der Waals surface area (Å²) in [5.74, 6) is 0.540. The van der Waals surface area contributed by atoms with Gasteiger partial charge in [0.15, 0.2) is 0 Å². The van der Waals surface area contributed by atoms with Crippen LogP contribution in [0, 0.1) is 11.3 Å². The second kappa shape index (κ2) is 8.19. The van der Waals surface area contributed by atoms with Crippen LogP contribution in [0.1, 0.15) is 41.0 Å². The van der Waals surface area contributed by atoms with Gasteiger partial charge in [-0.2, -0.15) is 0 Å². The molecule has 0 N–H and O–H groups in total. The first-order chi connectivity index (χ1) is 8.73. The summed E-state index contributed by atoms with van der Waals surface area (Å²) in [7, 11) is 1.98. The molecule has 19 heavy (non-hydrogen) atoms. The molecule has 110 valence electrons. The third-order valence-corrected chi connectivity index (χ3v) is 3.23. The van der Waals surface area contributed by atoms with E-state index in [4.69, 9.17) is 0 Å². The molecule has 0 radical (unpaired) electrons. The van der Waals surface area contributed by atoms with E-state index in [9.17, 15) is 4.39 Å². The van der Waals surface area contributed by atoms with Gasteiger partial charge in [-0.1, -0.05) is 58.1 Å². The lowest BCUT2D eigenvalue weighted by Gasteiger charge is -2.30. The average Bonchev–Trinajstić information content (AvgIpc) is 2.33. The summed E-state index contributed by atoms with van der Waals surface area (Å²) in [6.07, 6.45) is 7.24. The van der Waals surface area contributed by atoms with Crippen molar-refractivity contribution in [1.29, 1.82) is 0 Å². The number of hydrogen-bond acceptors (Lipinski definition) is 1. The lowest BCUT2D eigenvalue weighted by molar-refractivity contribution is 0.192. The van der Waals surface area contributed by atoms with E-state index < -0.39 is 0 Å². The number of nitrogens with zero attached hydrogens (tertiary/aromatic N) is 1. The van der Waals surface area contributed by atoms with Gasteiger partial charge in [0.05, 0.1) is 6.67 Å². The zero-order chi connectivity index (χ0) is 15.1. The van der Waals surface area contributed by atoms with Crippen molar-refractivity contribution in [3.05, 3.63) is 36.1 Å². The third kappa shape index (κ3) is 7.19. The Kier molecular flexibility index (Phi) is 7.73. The Balaban J connectivity index is 4.36. The van der Waals surface area contributed by atoms with Crippen LogP contribution in [0.3, 0.4) is 0 Å². The molecule has 0 rings (SSSR count).